The van der Waals surface area contributed by atoms with Crippen molar-refractivity contribution in [2.75, 3.05) is 6.54 Å². The average molecular weight is 262 g/mol. The average Bonchev–Trinajstić information content (AvgIpc) is 2.36. The molecule has 0 unspecified atom stereocenters. The van der Waals surface area contributed by atoms with Crippen LogP contribution in [0.5, 0.6) is 0 Å². The molecule has 0 aliphatic carbocycles. The molecular weight excluding hydrogens is 246 g/mol. The maximum atomic E-state index is 10.8. The summed E-state index contributed by atoms with van der Waals surface area (Å²) >= 11 is 5.32. The lowest BCUT2D eigenvalue weighted by Gasteiger charge is -2.25. The van der Waals surface area contributed by atoms with Gasteiger partial charge >= 0.3 is 5.37 Å². The standard InChI is InChI=1S/C15H16ClNO/c1-15(2,10-17-14(16)18)13-8-7-11-5-3-4-6-12(11)9-13/h3-9H,10H2,1-2H3,(H,17,18). The Kier molecular flexibility index (Phi) is 3.58. The fourth-order valence-electron chi connectivity index (χ4n) is 2.00. The van der Waals surface area contributed by atoms with Gasteiger partial charge in [0.25, 0.3) is 0 Å². The summed E-state index contributed by atoms with van der Waals surface area (Å²) in [5, 5.41) is 4.58. The van der Waals surface area contributed by atoms with Gasteiger partial charge in [-0.1, -0.05) is 56.3 Å². The monoisotopic (exact) mass is 261 g/mol. The van der Waals surface area contributed by atoms with Gasteiger partial charge < -0.3 is 5.32 Å². The van der Waals surface area contributed by atoms with Crippen molar-refractivity contribution >= 4 is 27.7 Å². The molecule has 94 valence electrons. The maximum absolute atomic E-state index is 10.8. The SMILES string of the molecule is CC(C)(CNC(=O)Cl)c1ccc2ccccc2c1. The minimum Gasteiger partial charge on any atom is -0.342 e. The molecule has 0 aliphatic rings. The molecule has 0 radical (unpaired) electrons. The van der Waals surface area contributed by atoms with E-state index in [9.17, 15) is 4.79 Å². The molecule has 1 N–H and O–H groups in total. The highest BCUT2D eigenvalue weighted by atomic mass is 35.5. The van der Waals surface area contributed by atoms with Crippen molar-refractivity contribution < 1.29 is 4.79 Å². The van der Waals surface area contributed by atoms with Gasteiger partial charge in [0.15, 0.2) is 0 Å². The van der Waals surface area contributed by atoms with E-state index in [1.807, 2.05) is 12.1 Å². The molecule has 0 aliphatic heterocycles. The largest absolute Gasteiger partial charge is 0.342 e. The molecule has 0 bridgehead atoms. The summed E-state index contributed by atoms with van der Waals surface area (Å²) in [5.74, 6) is 0. The van der Waals surface area contributed by atoms with Gasteiger partial charge in [-0.3, -0.25) is 4.79 Å². The van der Waals surface area contributed by atoms with Crippen molar-refractivity contribution in [2.24, 2.45) is 0 Å². The van der Waals surface area contributed by atoms with Crippen LogP contribution in [0.1, 0.15) is 19.4 Å². The van der Waals surface area contributed by atoms with Crippen LogP contribution in [0.15, 0.2) is 42.5 Å². The molecule has 0 saturated heterocycles. The minimum absolute atomic E-state index is 0.144. The van der Waals surface area contributed by atoms with E-state index in [2.05, 4.69) is 49.5 Å². The Bertz CT molecular complexity index is 577. The number of benzene rings is 2. The molecule has 0 fully saturated rings. The van der Waals surface area contributed by atoms with Crippen LogP contribution in [0.3, 0.4) is 0 Å². The number of hydrogen-bond donors (Lipinski definition) is 1. The van der Waals surface area contributed by atoms with Gasteiger partial charge in [-0.2, -0.15) is 0 Å². The number of halogens is 1. The first-order valence-corrected chi connectivity index (χ1v) is 6.29. The van der Waals surface area contributed by atoms with E-state index < -0.39 is 5.37 Å². The van der Waals surface area contributed by atoms with E-state index in [4.69, 9.17) is 11.6 Å². The van der Waals surface area contributed by atoms with E-state index in [-0.39, 0.29) is 5.41 Å². The van der Waals surface area contributed by atoms with Crippen LogP contribution in [0, 0.1) is 0 Å². The number of carbonyl (C=O) groups is 1. The van der Waals surface area contributed by atoms with Crippen molar-refractivity contribution in [3.8, 4) is 0 Å². The lowest BCUT2D eigenvalue weighted by molar-refractivity contribution is 0.257. The predicted molar refractivity (Wildman–Crippen MR) is 76.2 cm³/mol. The molecule has 2 aromatic rings. The van der Waals surface area contributed by atoms with E-state index in [1.54, 1.807) is 0 Å². The summed E-state index contributed by atoms with van der Waals surface area (Å²) in [5.41, 5.74) is 1.04. The predicted octanol–water partition coefficient (Wildman–Crippen LogP) is 4.07. The lowest BCUT2D eigenvalue weighted by atomic mass is 9.83. The van der Waals surface area contributed by atoms with Gasteiger partial charge in [0.05, 0.1) is 0 Å². The van der Waals surface area contributed by atoms with Crippen LogP contribution in [0.2, 0.25) is 0 Å². The van der Waals surface area contributed by atoms with Gasteiger partial charge in [0.2, 0.25) is 0 Å². The third kappa shape index (κ3) is 2.82. The Balaban J connectivity index is 2.32. The van der Waals surface area contributed by atoms with Crippen LogP contribution in [0.25, 0.3) is 10.8 Å². The first-order chi connectivity index (χ1) is 8.49. The van der Waals surface area contributed by atoms with Crippen LogP contribution in [-0.4, -0.2) is 11.9 Å². The van der Waals surface area contributed by atoms with Crippen molar-refractivity contribution in [2.45, 2.75) is 19.3 Å². The van der Waals surface area contributed by atoms with Crippen LogP contribution >= 0.6 is 11.6 Å². The zero-order valence-corrected chi connectivity index (χ0v) is 11.3. The zero-order chi connectivity index (χ0) is 13.2. The quantitative estimate of drug-likeness (QED) is 0.655. The number of hydrogen-bond acceptors (Lipinski definition) is 1. The summed E-state index contributed by atoms with van der Waals surface area (Å²) in [6, 6.07) is 14.6. The van der Waals surface area contributed by atoms with E-state index in [1.165, 1.54) is 16.3 Å². The smallest absolute Gasteiger partial charge is 0.313 e. The summed E-state index contributed by atoms with van der Waals surface area (Å²) < 4.78 is 0. The van der Waals surface area contributed by atoms with Crippen molar-refractivity contribution in [1.29, 1.82) is 0 Å². The van der Waals surface area contributed by atoms with E-state index >= 15 is 0 Å². The summed E-state index contributed by atoms with van der Waals surface area (Å²) in [4.78, 5) is 10.8. The molecule has 0 heterocycles. The Hall–Kier alpha value is -1.54. The first-order valence-electron chi connectivity index (χ1n) is 5.92. The number of nitrogens with one attached hydrogen (secondary N) is 1. The van der Waals surface area contributed by atoms with Crippen LogP contribution in [0.4, 0.5) is 4.79 Å². The summed E-state index contributed by atoms with van der Waals surface area (Å²) in [6.07, 6.45) is 0. The number of fused-ring (bicyclic) bond motifs is 1. The molecule has 0 atom stereocenters. The van der Waals surface area contributed by atoms with Gasteiger partial charge in [-0.25, -0.2) is 0 Å². The summed E-state index contributed by atoms with van der Waals surface area (Å²) in [7, 11) is 0. The first kappa shape index (κ1) is 12.9. The molecule has 2 rings (SSSR count). The van der Waals surface area contributed by atoms with Crippen molar-refractivity contribution in [3.63, 3.8) is 0 Å². The second kappa shape index (κ2) is 4.99. The van der Waals surface area contributed by atoms with Crippen LogP contribution < -0.4 is 5.32 Å². The molecule has 0 aromatic heterocycles. The van der Waals surface area contributed by atoms with Gasteiger partial charge in [0, 0.05) is 12.0 Å². The Morgan fingerprint density at radius 1 is 1.17 bits per heavy atom. The highest BCUT2D eigenvalue weighted by Crippen LogP contribution is 2.26. The molecule has 0 saturated carbocycles. The number of rotatable bonds is 3. The molecule has 2 aromatic carbocycles. The topological polar surface area (TPSA) is 29.1 Å². The van der Waals surface area contributed by atoms with Crippen LogP contribution in [-0.2, 0) is 5.41 Å². The van der Waals surface area contributed by atoms with E-state index in [0.717, 1.165) is 0 Å². The van der Waals surface area contributed by atoms with Gasteiger partial charge in [0.1, 0.15) is 0 Å². The molecular formula is C15H16ClNO. The third-order valence-electron chi connectivity index (χ3n) is 3.20. The fraction of sp³-hybridized carbons (Fsp3) is 0.267. The highest BCUT2D eigenvalue weighted by Gasteiger charge is 2.21. The lowest BCUT2D eigenvalue weighted by Crippen LogP contribution is -2.34. The van der Waals surface area contributed by atoms with Gasteiger partial charge in [-0.15, -0.1) is 0 Å². The molecule has 2 nitrogen and oxygen atoms in total. The minimum atomic E-state index is -0.510. The highest BCUT2D eigenvalue weighted by molar-refractivity contribution is 6.62. The molecule has 1 amide bonds. The zero-order valence-electron chi connectivity index (χ0n) is 10.5. The normalized spacial score (nSPS) is 11.5. The second-order valence-electron chi connectivity index (χ2n) is 5.07. The maximum Gasteiger partial charge on any atom is 0.313 e. The Morgan fingerprint density at radius 3 is 2.50 bits per heavy atom. The number of carbonyl (C=O) groups excluding carboxylic acids is 1. The Morgan fingerprint density at radius 2 is 1.83 bits per heavy atom. The Labute approximate surface area is 112 Å². The molecule has 18 heavy (non-hydrogen) atoms. The second-order valence-corrected chi connectivity index (χ2v) is 5.42. The molecule has 0 spiro atoms. The fourth-order valence-corrected chi connectivity index (χ4v) is 2.07. The van der Waals surface area contributed by atoms with Gasteiger partial charge in [-0.05, 0) is 27.9 Å². The molecule has 3 heteroatoms. The van der Waals surface area contributed by atoms with Crippen molar-refractivity contribution in [1.82, 2.24) is 5.32 Å². The number of amides is 1. The third-order valence-corrected chi connectivity index (χ3v) is 3.33. The van der Waals surface area contributed by atoms with E-state index in [0.29, 0.717) is 6.54 Å². The van der Waals surface area contributed by atoms with Crippen molar-refractivity contribution in [3.05, 3.63) is 48.0 Å². The summed E-state index contributed by atoms with van der Waals surface area (Å²) in [6.45, 7) is 4.70.